The normalized spacial score (nSPS) is 10.8. The Kier molecular flexibility index (Phi) is 4.79. The average molecular weight is 277 g/mol. The van der Waals surface area contributed by atoms with Crippen LogP contribution in [0.4, 0.5) is 5.69 Å². The van der Waals surface area contributed by atoms with Crippen LogP contribution in [0.2, 0.25) is 0 Å². The number of nitrogens with zero attached hydrogens (tertiary/aromatic N) is 4. The lowest BCUT2D eigenvalue weighted by molar-refractivity contribution is 0.540. The molecule has 0 saturated heterocycles. The zero-order chi connectivity index (χ0) is 13.7. The average Bonchev–Trinajstić information content (AvgIpc) is 2.83. The number of anilines is 1. The number of hydrogen-bond donors (Lipinski definition) is 1. The van der Waals surface area contributed by atoms with Crippen molar-refractivity contribution in [2.24, 2.45) is 0 Å². The standard InChI is InChI=1S/C13H19N5S/c1-3-4-7-18-13(15-16-17-18)9-19-12-6-5-11(14)8-10(12)2/h5-6,8H,3-4,7,9,14H2,1-2H3. The van der Waals surface area contributed by atoms with Crippen LogP contribution in [-0.4, -0.2) is 20.2 Å². The molecule has 102 valence electrons. The smallest absolute Gasteiger partial charge is 0.161 e. The molecule has 0 aliphatic heterocycles. The van der Waals surface area contributed by atoms with Gasteiger partial charge in [-0.2, -0.15) is 0 Å². The van der Waals surface area contributed by atoms with Gasteiger partial charge in [0.05, 0.1) is 5.75 Å². The van der Waals surface area contributed by atoms with Gasteiger partial charge in [-0.1, -0.05) is 13.3 Å². The maximum absolute atomic E-state index is 5.75. The van der Waals surface area contributed by atoms with E-state index in [-0.39, 0.29) is 0 Å². The SMILES string of the molecule is CCCCn1nnnc1CSc1ccc(N)cc1C. The lowest BCUT2D eigenvalue weighted by Crippen LogP contribution is -2.05. The van der Waals surface area contributed by atoms with Gasteiger partial charge in [-0.25, -0.2) is 4.68 Å². The fraction of sp³-hybridized carbons (Fsp3) is 0.462. The second-order valence-corrected chi connectivity index (χ2v) is 5.50. The first-order valence-corrected chi connectivity index (χ1v) is 7.43. The van der Waals surface area contributed by atoms with Crippen LogP contribution in [0.1, 0.15) is 31.2 Å². The van der Waals surface area contributed by atoms with E-state index in [2.05, 4.69) is 35.4 Å². The Bertz CT molecular complexity index is 538. The molecule has 19 heavy (non-hydrogen) atoms. The van der Waals surface area contributed by atoms with Crippen molar-refractivity contribution in [1.82, 2.24) is 20.2 Å². The molecule has 0 aliphatic rings. The molecule has 0 radical (unpaired) electrons. The highest BCUT2D eigenvalue weighted by molar-refractivity contribution is 7.98. The van der Waals surface area contributed by atoms with Gasteiger partial charge in [0, 0.05) is 17.1 Å². The molecule has 2 rings (SSSR count). The number of rotatable bonds is 6. The molecule has 0 bridgehead atoms. The predicted octanol–water partition coefficient (Wildman–Crippen LogP) is 2.66. The topological polar surface area (TPSA) is 69.6 Å². The second kappa shape index (κ2) is 6.56. The summed E-state index contributed by atoms with van der Waals surface area (Å²) in [5, 5.41) is 11.9. The number of hydrogen-bond acceptors (Lipinski definition) is 5. The molecular formula is C13H19N5S. The molecule has 0 atom stereocenters. The minimum atomic E-state index is 0.779. The highest BCUT2D eigenvalue weighted by Gasteiger charge is 2.07. The van der Waals surface area contributed by atoms with Gasteiger partial charge in [-0.15, -0.1) is 16.9 Å². The third-order valence-corrected chi connectivity index (χ3v) is 4.06. The predicted molar refractivity (Wildman–Crippen MR) is 77.9 cm³/mol. The first-order valence-electron chi connectivity index (χ1n) is 6.44. The Morgan fingerprint density at radius 2 is 2.21 bits per heavy atom. The maximum atomic E-state index is 5.75. The van der Waals surface area contributed by atoms with Crippen LogP contribution >= 0.6 is 11.8 Å². The van der Waals surface area contributed by atoms with Crippen molar-refractivity contribution >= 4 is 17.4 Å². The molecule has 0 saturated carbocycles. The van der Waals surface area contributed by atoms with Crippen molar-refractivity contribution in [3.05, 3.63) is 29.6 Å². The molecule has 6 heteroatoms. The number of thioether (sulfide) groups is 1. The molecule has 0 spiro atoms. The van der Waals surface area contributed by atoms with E-state index in [9.17, 15) is 0 Å². The summed E-state index contributed by atoms with van der Waals surface area (Å²) >= 11 is 1.74. The second-order valence-electron chi connectivity index (χ2n) is 4.49. The fourth-order valence-corrected chi connectivity index (χ4v) is 2.73. The summed E-state index contributed by atoms with van der Waals surface area (Å²) in [6.45, 7) is 5.12. The number of aromatic nitrogens is 4. The number of benzene rings is 1. The quantitative estimate of drug-likeness (QED) is 0.649. The molecule has 1 aromatic carbocycles. The largest absolute Gasteiger partial charge is 0.399 e. The number of aryl methyl sites for hydroxylation is 2. The zero-order valence-electron chi connectivity index (χ0n) is 11.3. The molecule has 0 amide bonds. The molecule has 0 fully saturated rings. The minimum absolute atomic E-state index is 0.779. The van der Waals surface area contributed by atoms with Gasteiger partial charge >= 0.3 is 0 Å². The van der Waals surface area contributed by atoms with Crippen molar-refractivity contribution < 1.29 is 0 Å². The Hall–Kier alpha value is -1.56. The van der Waals surface area contributed by atoms with Crippen LogP contribution in [-0.2, 0) is 12.3 Å². The first kappa shape index (κ1) is 13.9. The number of nitrogen functional groups attached to an aromatic ring is 1. The number of tetrazole rings is 1. The first-order chi connectivity index (χ1) is 9.20. The van der Waals surface area contributed by atoms with Gasteiger partial charge in [-0.3, -0.25) is 0 Å². The summed E-state index contributed by atoms with van der Waals surface area (Å²) in [6, 6.07) is 5.97. The Balaban J connectivity index is 2.00. The van der Waals surface area contributed by atoms with E-state index in [1.165, 1.54) is 10.5 Å². The third-order valence-electron chi connectivity index (χ3n) is 2.89. The van der Waals surface area contributed by atoms with Crippen LogP contribution < -0.4 is 5.73 Å². The van der Waals surface area contributed by atoms with E-state index in [0.717, 1.165) is 36.7 Å². The van der Waals surface area contributed by atoms with Crippen LogP contribution in [0.3, 0.4) is 0 Å². The number of nitrogens with two attached hydrogens (primary N) is 1. The molecule has 0 unspecified atom stereocenters. The molecule has 1 heterocycles. The van der Waals surface area contributed by atoms with Crippen molar-refractivity contribution in [3.8, 4) is 0 Å². The lowest BCUT2D eigenvalue weighted by Gasteiger charge is -2.06. The van der Waals surface area contributed by atoms with Crippen molar-refractivity contribution in [2.45, 2.75) is 43.9 Å². The van der Waals surface area contributed by atoms with E-state index in [4.69, 9.17) is 5.73 Å². The zero-order valence-corrected chi connectivity index (χ0v) is 12.2. The number of unbranched alkanes of at least 4 members (excludes halogenated alkanes) is 1. The summed E-state index contributed by atoms with van der Waals surface area (Å²) < 4.78 is 1.89. The van der Waals surface area contributed by atoms with Crippen LogP contribution in [0, 0.1) is 6.92 Å². The Morgan fingerprint density at radius 1 is 1.37 bits per heavy atom. The van der Waals surface area contributed by atoms with Crippen LogP contribution in [0.5, 0.6) is 0 Å². The molecule has 2 aromatic rings. The molecule has 2 N–H and O–H groups in total. The minimum Gasteiger partial charge on any atom is -0.399 e. The summed E-state index contributed by atoms with van der Waals surface area (Å²) in [4.78, 5) is 1.22. The van der Waals surface area contributed by atoms with Gasteiger partial charge < -0.3 is 5.73 Å². The Labute approximate surface area is 117 Å². The lowest BCUT2D eigenvalue weighted by atomic mass is 10.2. The monoisotopic (exact) mass is 277 g/mol. The molecule has 1 aromatic heterocycles. The highest BCUT2D eigenvalue weighted by atomic mass is 32.2. The van der Waals surface area contributed by atoms with Crippen LogP contribution in [0.15, 0.2) is 23.1 Å². The van der Waals surface area contributed by atoms with E-state index in [1.54, 1.807) is 11.8 Å². The summed E-state index contributed by atoms with van der Waals surface area (Å²) in [5.41, 5.74) is 7.74. The van der Waals surface area contributed by atoms with Crippen molar-refractivity contribution in [3.63, 3.8) is 0 Å². The maximum Gasteiger partial charge on any atom is 0.161 e. The summed E-state index contributed by atoms with van der Waals surface area (Å²) in [6.07, 6.45) is 2.24. The van der Waals surface area contributed by atoms with Crippen molar-refractivity contribution in [1.29, 1.82) is 0 Å². The fourth-order valence-electron chi connectivity index (χ4n) is 1.79. The van der Waals surface area contributed by atoms with E-state index in [0.29, 0.717) is 0 Å². The summed E-state index contributed by atoms with van der Waals surface area (Å²) in [7, 11) is 0. The van der Waals surface area contributed by atoms with Gasteiger partial charge in [0.2, 0.25) is 0 Å². The van der Waals surface area contributed by atoms with Crippen LogP contribution in [0.25, 0.3) is 0 Å². The van der Waals surface area contributed by atoms with Gasteiger partial charge in [0.15, 0.2) is 5.82 Å². The van der Waals surface area contributed by atoms with Gasteiger partial charge in [-0.05, 0) is 47.5 Å². The molecule has 5 nitrogen and oxygen atoms in total. The Morgan fingerprint density at radius 3 is 2.95 bits per heavy atom. The summed E-state index contributed by atoms with van der Waals surface area (Å²) in [5.74, 6) is 1.70. The molecule has 0 aliphatic carbocycles. The van der Waals surface area contributed by atoms with Gasteiger partial charge in [0.25, 0.3) is 0 Å². The van der Waals surface area contributed by atoms with E-state index >= 15 is 0 Å². The van der Waals surface area contributed by atoms with E-state index < -0.39 is 0 Å². The van der Waals surface area contributed by atoms with Gasteiger partial charge in [0.1, 0.15) is 0 Å². The molecular weight excluding hydrogens is 258 g/mol. The third kappa shape index (κ3) is 3.70. The highest BCUT2D eigenvalue weighted by Crippen LogP contribution is 2.26. The van der Waals surface area contributed by atoms with E-state index in [1.807, 2.05) is 16.8 Å². The van der Waals surface area contributed by atoms with Crippen molar-refractivity contribution in [2.75, 3.05) is 5.73 Å².